The number of aliphatic imine (C=N–C) groups is 1. The first-order valence-electron chi connectivity index (χ1n) is 9.55. The average molecular weight is 465 g/mol. The van der Waals surface area contributed by atoms with Gasteiger partial charge in [0.2, 0.25) is 5.91 Å². The molecule has 0 aromatic carbocycles. The zero-order valence-electron chi connectivity index (χ0n) is 15.9. The van der Waals surface area contributed by atoms with Crippen LogP contribution in [0, 0.1) is 11.3 Å². The second-order valence-corrected chi connectivity index (χ2v) is 7.46. The molecule has 2 rings (SSSR count). The van der Waals surface area contributed by atoms with Gasteiger partial charge in [0, 0.05) is 26.7 Å². The van der Waals surface area contributed by atoms with Crippen molar-refractivity contribution in [3.05, 3.63) is 0 Å². The molecule has 1 saturated heterocycles. The number of piperidine rings is 1. The fourth-order valence-electron chi connectivity index (χ4n) is 3.82. The quantitative estimate of drug-likeness (QED) is 0.222. The Morgan fingerprint density at radius 1 is 1.32 bits per heavy atom. The maximum Gasteiger partial charge on any atom is 0.221 e. The SMILES string of the molecule is CCC1(CNC(=NC)NCCCN2CCCC(C(N)=O)C2)CCC1.I. The van der Waals surface area contributed by atoms with Gasteiger partial charge in [0.15, 0.2) is 5.96 Å². The van der Waals surface area contributed by atoms with Gasteiger partial charge in [-0.05, 0) is 57.0 Å². The summed E-state index contributed by atoms with van der Waals surface area (Å²) in [5.41, 5.74) is 5.93. The normalized spacial score (nSPS) is 23.3. The molecule has 1 amide bonds. The fraction of sp³-hybridized carbons (Fsp3) is 0.889. The van der Waals surface area contributed by atoms with Crippen molar-refractivity contribution >= 4 is 35.8 Å². The lowest BCUT2D eigenvalue weighted by atomic mass is 9.67. The van der Waals surface area contributed by atoms with Crippen LogP contribution in [0.2, 0.25) is 0 Å². The number of amides is 1. The molecule has 6 nitrogen and oxygen atoms in total. The molecule has 1 aliphatic heterocycles. The fourth-order valence-corrected chi connectivity index (χ4v) is 3.82. The van der Waals surface area contributed by atoms with Gasteiger partial charge in [-0.2, -0.15) is 0 Å². The van der Waals surface area contributed by atoms with Crippen molar-refractivity contribution in [2.45, 2.75) is 51.9 Å². The number of halogens is 1. The minimum Gasteiger partial charge on any atom is -0.369 e. The molecule has 1 saturated carbocycles. The topological polar surface area (TPSA) is 82.8 Å². The second-order valence-electron chi connectivity index (χ2n) is 7.46. The average Bonchev–Trinajstić information content (AvgIpc) is 2.56. The van der Waals surface area contributed by atoms with E-state index in [2.05, 4.69) is 27.4 Å². The lowest BCUT2D eigenvalue weighted by Gasteiger charge is -2.41. The molecule has 1 unspecified atom stereocenters. The first-order valence-corrected chi connectivity index (χ1v) is 9.55. The third-order valence-corrected chi connectivity index (χ3v) is 5.87. The summed E-state index contributed by atoms with van der Waals surface area (Å²) in [6, 6.07) is 0. The summed E-state index contributed by atoms with van der Waals surface area (Å²) in [7, 11) is 1.83. The molecule has 2 fully saturated rings. The molecule has 7 heteroatoms. The van der Waals surface area contributed by atoms with E-state index in [1.807, 2.05) is 7.05 Å². The Balaban J connectivity index is 0.00000312. The van der Waals surface area contributed by atoms with Crippen LogP contribution < -0.4 is 16.4 Å². The van der Waals surface area contributed by atoms with Crippen molar-refractivity contribution in [2.75, 3.05) is 39.8 Å². The minimum absolute atomic E-state index is 0. The predicted octanol–water partition coefficient (Wildman–Crippen LogP) is 1.94. The number of nitrogens with zero attached hydrogens (tertiary/aromatic N) is 2. The van der Waals surface area contributed by atoms with Crippen LogP contribution in [0.25, 0.3) is 0 Å². The van der Waals surface area contributed by atoms with Crippen LogP contribution in [-0.4, -0.2) is 56.5 Å². The number of likely N-dealkylation sites (tertiary alicyclic amines) is 1. The highest BCUT2D eigenvalue weighted by Gasteiger charge is 2.34. The monoisotopic (exact) mass is 465 g/mol. The molecular formula is C18H36IN5O. The van der Waals surface area contributed by atoms with Crippen LogP contribution in [0.5, 0.6) is 0 Å². The third-order valence-electron chi connectivity index (χ3n) is 5.87. The summed E-state index contributed by atoms with van der Waals surface area (Å²) in [6.07, 6.45) is 8.35. The molecule has 1 atom stereocenters. The highest BCUT2D eigenvalue weighted by molar-refractivity contribution is 14.0. The van der Waals surface area contributed by atoms with Crippen LogP contribution in [0.15, 0.2) is 4.99 Å². The number of carbonyl (C=O) groups excluding carboxylic acids is 1. The van der Waals surface area contributed by atoms with Gasteiger partial charge in [-0.3, -0.25) is 9.79 Å². The van der Waals surface area contributed by atoms with E-state index in [-0.39, 0.29) is 35.8 Å². The highest BCUT2D eigenvalue weighted by Crippen LogP contribution is 2.42. The van der Waals surface area contributed by atoms with E-state index in [1.165, 1.54) is 25.7 Å². The highest BCUT2D eigenvalue weighted by atomic mass is 127. The maximum absolute atomic E-state index is 11.3. The molecule has 25 heavy (non-hydrogen) atoms. The largest absolute Gasteiger partial charge is 0.369 e. The molecule has 0 radical (unpaired) electrons. The van der Waals surface area contributed by atoms with Crippen molar-refractivity contribution in [2.24, 2.45) is 22.1 Å². The van der Waals surface area contributed by atoms with Crippen molar-refractivity contribution in [3.8, 4) is 0 Å². The Kier molecular flexibility index (Phi) is 10.1. The number of nitrogens with one attached hydrogen (secondary N) is 2. The van der Waals surface area contributed by atoms with E-state index in [0.717, 1.165) is 57.9 Å². The van der Waals surface area contributed by atoms with Gasteiger partial charge < -0.3 is 21.3 Å². The number of primary amides is 1. The van der Waals surface area contributed by atoms with Gasteiger partial charge in [-0.25, -0.2) is 0 Å². The van der Waals surface area contributed by atoms with Gasteiger partial charge in [0.25, 0.3) is 0 Å². The van der Waals surface area contributed by atoms with E-state index in [0.29, 0.717) is 5.41 Å². The first-order chi connectivity index (χ1) is 11.6. The zero-order valence-corrected chi connectivity index (χ0v) is 18.2. The Hall–Kier alpha value is -0.570. The van der Waals surface area contributed by atoms with E-state index in [4.69, 9.17) is 5.73 Å². The van der Waals surface area contributed by atoms with E-state index in [9.17, 15) is 4.79 Å². The summed E-state index contributed by atoms with van der Waals surface area (Å²) in [6.45, 7) is 7.12. The number of nitrogens with two attached hydrogens (primary N) is 1. The van der Waals surface area contributed by atoms with Gasteiger partial charge in [0.1, 0.15) is 0 Å². The van der Waals surface area contributed by atoms with Crippen LogP contribution in [0.1, 0.15) is 51.9 Å². The Morgan fingerprint density at radius 2 is 2.08 bits per heavy atom. The number of hydrogen-bond acceptors (Lipinski definition) is 3. The van der Waals surface area contributed by atoms with Crippen LogP contribution >= 0.6 is 24.0 Å². The molecule has 146 valence electrons. The summed E-state index contributed by atoms with van der Waals surface area (Å²) in [5, 5.41) is 6.90. The summed E-state index contributed by atoms with van der Waals surface area (Å²) >= 11 is 0. The number of guanidine groups is 1. The van der Waals surface area contributed by atoms with Gasteiger partial charge in [0.05, 0.1) is 5.92 Å². The van der Waals surface area contributed by atoms with E-state index >= 15 is 0 Å². The zero-order chi connectivity index (χ0) is 17.4. The molecule has 4 N–H and O–H groups in total. The van der Waals surface area contributed by atoms with Crippen molar-refractivity contribution < 1.29 is 4.79 Å². The smallest absolute Gasteiger partial charge is 0.221 e. The number of carbonyl (C=O) groups is 1. The molecule has 0 aromatic rings. The van der Waals surface area contributed by atoms with Gasteiger partial charge >= 0.3 is 0 Å². The first kappa shape index (κ1) is 22.5. The summed E-state index contributed by atoms with van der Waals surface area (Å²) in [4.78, 5) is 18.0. The molecule has 0 spiro atoms. The molecule has 1 heterocycles. The van der Waals surface area contributed by atoms with Gasteiger partial charge in [-0.1, -0.05) is 13.3 Å². The van der Waals surface area contributed by atoms with Crippen molar-refractivity contribution in [1.82, 2.24) is 15.5 Å². The van der Waals surface area contributed by atoms with Crippen molar-refractivity contribution in [3.63, 3.8) is 0 Å². The summed E-state index contributed by atoms with van der Waals surface area (Å²) in [5.74, 6) is 0.792. The Labute approximate surface area is 169 Å². The number of hydrogen-bond donors (Lipinski definition) is 3. The van der Waals surface area contributed by atoms with E-state index < -0.39 is 0 Å². The molecule has 0 aromatic heterocycles. The van der Waals surface area contributed by atoms with Crippen LogP contribution in [-0.2, 0) is 4.79 Å². The minimum atomic E-state index is -0.150. The Morgan fingerprint density at radius 3 is 2.64 bits per heavy atom. The summed E-state index contributed by atoms with van der Waals surface area (Å²) < 4.78 is 0. The molecule has 0 bridgehead atoms. The second kappa shape index (κ2) is 11.2. The lowest BCUT2D eigenvalue weighted by molar-refractivity contribution is -0.123. The Bertz CT molecular complexity index is 434. The van der Waals surface area contributed by atoms with Crippen LogP contribution in [0.4, 0.5) is 0 Å². The maximum atomic E-state index is 11.3. The third kappa shape index (κ3) is 6.92. The molecular weight excluding hydrogens is 429 g/mol. The molecule has 1 aliphatic carbocycles. The molecule has 2 aliphatic rings. The van der Waals surface area contributed by atoms with Crippen LogP contribution in [0.3, 0.4) is 0 Å². The van der Waals surface area contributed by atoms with Crippen molar-refractivity contribution in [1.29, 1.82) is 0 Å². The van der Waals surface area contributed by atoms with Gasteiger partial charge in [-0.15, -0.1) is 24.0 Å². The lowest BCUT2D eigenvalue weighted by Crippen LogP contribution is -2.47. The number of rotatable bonds is 8. The standard InChI is InChI=1S/C18H35N5O.HI/c1-3-18(8-5-9-18)14-22-17(20-2)21-10-6-12-23-11-4-7-15(13-23)16(19)24;/h15H,3-14H2,1-2H3,(H2,19,24)(H2,20,21,22);1H. The van der Waals surface area contributed by atoms with E-state index in [1.54, 1.807) is 0 Å². The predicted molar refractivity (Wildman–Crippen MR) is 114 cm³/mol.